The Morgan fingerprint density at radius 3 is 1.52 bits per heavy atom. The van der Waals surface area contributed by atoms with E-state index >= 15 is 0 Å². The molecule has 4 nitrogen and oxygen atoms in total. The van der Waals surface area contributed by atoms with Gasteiger partial charge in [-0.15, -0.1) is 0 Å². The summed E-state index contributed by atoms with van der Waals surface area (Å²) in [5.41, 5.74) is 0. The zero-order valence-corrected chi connectivity index (χ0v) is 21.6. The lowest BCUT2D eigenvalue weighted by atomic mass is 9.76. The fourth-order valence-corrected chi connectivity index (χ4v) is 6.78. The van der Waals surface area contributed by atoms with Crippen LogP contribution in [0.5, 0.6) is 0 Å². The topological polar surface area (TPSA) is 63.2 Å². The molecule has 188 valence electrons. The minimum Gasteiger partial charge on any atom is -0.353 e. The van der Waals surface area contributed by atoms with Crippen molar-refractivity contribution in [3.8, 4) is 0 Å². The lowest BCUT2D eigenvalue weighted by molar-refractivity contribution is -0.134. The molecule has 4 heteroatoms. The van der Waals surface area contributed by atoms with E-state index in [2.05, 4.69) is 26.1 Å². The summed E-state index contributed by atoms with van der Waals surface area (Å²) in [6.45, 7) is 6.74. The Morgan fingerprint density at radius 2 is 1.06 bits per heavy atom. The molecule has 0 radical (unpaired) electrons. The molecular formula is C29H49NO3. The van der Waals surface area contributed by atoms with Gasteiger partial charge in [0, 0.05) is 31.7 Å². The van der Waals surface area contributed by atoms with Gasteiger partial charge in [0.2, 0.25) is 5.91 Å². The van der Waals surface area contributed by atoms with Gasteiger partial charge in [0.25, 0.3) is 0 Å². The summed E-state index contributed by atoms with van der Waals surface area (Å²) in [6, 6.07) is 0.190. The van der Waals surface area contributed by atoms with E-state index < -0.39 is 5.92 Å². The molecule has 0 aromatic rings. The first kappa shape index (κ1) is 26.4. The Kier molecular flexibility index (Phi) is 10.4. The average molecular weight is 460 g/mol. The lowest BCUT2D eigenvalue weighted by Gasteiger charge is -2.32. The summed E-state index contributed by atoms with van der Waals surface area (Å²) < 4.78 is 0. The molecule has 3 saturated carbocycles. The Labute approximate surface area is 202 Å². The predicted molar refractivity (Wildman–Crippen MR) is 134 cm³/mol. The van der Waals surface area contributed by atoms with Crippen molar-refractivity contribution in [1.82, 2.24) is 5.32 Å². The number of ketones is 2. The fourth-order valence-electron chi connectivity index (χ4n) is 6.78. The number of rotatable bonds is 10. The second-order valence-corrected chi connectivity index (χ2v) is 12.0. The molecule has 0 saturated heterocycles. The summed E-state index contributed by atoms with van der Waals surface area (Å²) in [5.74, 6) is 2.38. The number of nitrogens with one attached hydrogen (secondary N) is 1. The third kappa shape index (κ3) is 8.21. The SMILES string of the molecule is CC1CCCCC1CC(=O)CC(CC(=O)CC1CCCCC1C)C(=O)NC1CCCCC1C. The Hall–Kier alpha value is -1.19. The highest BCUT2D eigenvalue weighted by molar-refractivity contribution is 5.91. The van der Waals surface area contributed by atoms with Crippen LogP contribution in [0.15, 0.2) is 0 Å². The maximum absolute atomic E-state index is 13.3. The molecule has 3 aliphatic carbocycles. The Balaban J connectivity index is 1.60. The van der Waals surface area contributed by atoms with Gasteiger partial charge in [-0.1, -0.05) is 72.1 Å². The van der Waals surface area contributed by atoms with E-state index in [1.165, 1.54) is 44.9 Å². The highest BCUT2D eigenvalue weighted by atomic mass is 16.2. The fraction of sp³-hybridized carbons (Fsp3) is 0.897. The number of carbonyl (C=O) groups is 3. The average Bonchev–Trinajstić information content (AvgIpc) is 2.78. The van der Waals surface area contributed by atoms with Crippen LogP contribution in [0.4, 0.5) is 0 Å². The van der Waals surface area contributed by atoms with Crippen molar-refractivity contribution in [3.05, 3.63) is 0 Å². The molecular weight excluding hydrogens is 410 g/mol. The summed E-state index contributed by atoms with van der Waals surface area (Å²) >= 11 is 0. The maximum atomic E-state index is 13.3. The zero-order chi connectivity index (χ0) is 23.8. The maximum Gasteiger partial charge on any atom is 0.224 e. The second kappa shape index (κ2) is 13.0. The molecule has 3 rings (SSSR count). The molecule has 6 unspecified atom stereocenters. The van der Waals surface area contributed by atoms with Crippen LogP contribution in [0, 0.1) is 35.5 Å². The predicted octanol–water partition coefficient (Wildman–Crippen LogP) is 6.65. The lowest BCUT2D eigenvalue weighted by Crippen LogP contribution is -2.44. The van der Waals surface area contributed by atoms with Crippen LogP contribution in [0.3, 0.4) is 0 Å². The van der Waals surface area contributed by atoms with E-state index in [0.29, 0.717) is 42.4 Å². The molecule has 0 spiro atoms. The van der Waals surface area contributed by atoms with Gasteiger partial charge in [0.1, 0.15) is 11.6 Å². The first-order valence-corrected chi connectivity index (χ1v) is 14.2. The molecule has 0 aromatic heterocycles. The van der Waals surface area contributed by atoms with E-state index in [-0.39, 0.29) is 36.4 Å². The van der Waals surface area contributed by atoms with Gasteiger partial charge in [-0.25, -0.2) is 0 Å². The first-order valence-electron chi connectivity index (χ1n) is 14.2. The minimum absolute atomic E-state index is 0.0520. The quantitative estimate of drug-likeness (QED) is 0.398. The largest absolute Gasteiger partial charge is 0.353 e. The van der Waals surface area contributed by atoms with Gasteiger partial charge in [0.15, 0.2) is 0 Å². The van der Waals surface area contributed by atoms with Crippen molar-refractivity contribution < 1.29 is 14.4 Å². The van der Waals surface area contributed by atoms with Gasteiger partial charge in [-0.05, 0) is 55.3 Å². The van der Waals surface area contributed by atoms with Gasteiger partial charge in [0.05, 0.1) is 5.92 Å². The number of amides is 1. The molecule has 33 heavy (non-hydrogen) atoms. The zero-order valence-electron chi connectivity index (χ0n) is 21.6. The van der Waals surface area contributed by atoms with Gasteiger partial charge in [-0.3, -0.25) is 14.4 Å². The van der Waals surface area contributed by atoms with Gasteiger partial charge in [-0.2, -0.15) is 0 Å². The normalized spacial score (nSPS) is 33.8. The van der Waals surface area contributed by atoms with Crippen molar-refractivity contribution in [2.75, 3.05) is 0 Å². The Bertz CT molecular complexity index is 621. The van der Waals surface area contributed by atoms with Crippen molar-refractivity contribution in [2.24, 2.45) is 35.5 Å². The summed E-state index contributed by atoms with van der Waals surface area (Å²) in [5, 5.41) is 3.26. The van der Waals surface area contributed by atoms with Crippen molar-refractivity contribution in [2.45, 2.75) is 130 Å². The van der Waals surface area contributed by atoms with Crippen LogP contribution in [-0.4, -0.2) is 23.5 Å². The van der Waals surface area contributed by atoms with Gasteiger partial charge >= 0.3 is 0 Å². The summed E-state index contributed by atoms with van der Waals surface area (Å²) in [4.78, 5) is 39.4. The first-order chi connectivity index (χ1) is 15.8. The summed E-state index contributed by atoms with van der Waals surface area (Å²) in [6.07, 6.45) is 15.8. The highest BCUT2D eigenvalue weighted by Gasteiger charge is 2.32. The monoisotopic (exact) mass is 459 g/mol. The van der Waals surface area contributed by atoms with E-state index in [1.807, 2.05) is 0 Å². The molecule has 0 heterocycles. The van der Waals surface area contributed by atoms with E-state index in [1.54, 1.807) is 0 Å². The molecule has 0 bridgehead atoms. The highest BCUT2D eigenvalue weighted by Crippen LogP contribution is 2.34. The van der Waals surface area contributed by atoms with E-state index in [4.69, 9.17) is 0 Å². The molecule has 1 amide bonds. The van der Waals surface area contributed by atoms with Crippen molar-refractivity contribution in [1.29, 1.82) is 0 Å². The third-order valence-electron chi connectivity index (χ3n) is 9.32. The number of Topliss-reactive ketones (excluding diaryl/α,β-unsaturated/α-hetero) is 2. The molecule has 1 N–H and O–H groups in total. The molecule has 0 aromatic carbocycles. The summed E-state index contributed by atoms with van der Waals surface area (Å²) in [7, 11) is 0. The minimum atomic E-state index is -0.489. The van der Waals surface area contributed by atoms with Crippen molar-refractivity contribution in [3.63, 3.8) is 0 Å². The number of hydrogen-bond acceptors (Lipinski definition) is 3. The molecule has 3 fully saturated rings. The number of carbonyl (C=O) groups excluding carboxylic acids is 3. The van der Waals surface area contributed by atoms with Crippen LogP contribution in [0.1, 0.15) is 124 Å². The smallest absolute Gasteiger partial charge is 0.224 e. The van der Waals surface area contributed by atoms with E-state index in [9.17, 15) is 14.4 Å². The van der Waals surface area contributed by atoms with Crippen LogP contribution < -0.4 is 5.32 Å². The van der Waals surface area contributed by atoms with Crippen molar-refractivity contribution >= 4 is 17.5 Å². The Morgan fingerprint density at radius 1 is 0.636 bits per heavy atom. The standard InChI is InChI=1S/C29H49NO3/c1-20-10-4-7-13-23(20)16-26(31)18-25(29(33)30-28-15-9-6-12-22(28)3)19-27(32)17-24-14-8-5-11-21(24)2/h20-25,28H,4-19H2,1-3H3,(H,30,33). The van der Waals surface area contributed by atoms with Crippen LogP contribution in [0.25, 0.3) is 0 Å². The third-order valence-corrected chi connectivity index (χ3v) is 9.32. The number of hydrogen-bond donors (Lipinski definition) is 1. The van der Waals surface area contributed by atoms with Crippen LogP contribution in [0.2, 0.25) is 0 Å². The van der Waals surface area contributed by atoms with Crippen LogP contribution >= 0.6 is 0 Å². The molecule has 6 atom stereocenters. The molecule has 0 aliphatic heterocycles. The van der Waals surface area contributed by atoms with Crippen LogP contribution in [-0.2, 0) is 14.4 Å². The molecule has 3 aliphatic rings. The van der Waals surface area contributed by atoms with E-state index in [0.717, 1.165) is 32.1 Å². The van der Waals surface area contributed by atoms with Gasteiger partial charge < -0.3 is 5.32 Å². The second-order valence-electron chi connectivity index (χ2n) is 12.0.